The Bertz CT molecular complexity index is 534. The minimum absolute atomic E-state index is 0.219. The van der Waals surface area contributed by atoms with Crippen molar-refractivity contribution in [3.05, 3.63) is 29.8 Å². The SMILES string of the molecule is COc1cc(/C=C/COCC(=O)O)ccc1OC1CCCCO1. The lowest BCUT2D eigenvalue weighted by molar-refractivity contribution is -0.141. The van der Waals surface area contributed by atoms with Gasteiger partial charge in [0.05, 0.1) is 20.3 Å². The zero-order valence-electron chi connectivity index (χ0n) is 13.2. The zero-order chi connectivity index (χ0) is 16.5. The lowest BCUT2D eigenvalue weighted by Crippen LogP contribution is -2.25. The van der Waals surface area contributed by atoms with Crippen LogP contribution in [0, 0.1) is 0 Å². The van der Waals surface area contributed by atoms with Crippen molar-refractivity contribution in [1.82, 2.24) is 0 Å². The molecular weight excluding hydrogens is 300 g/mol. The van der Waals surface area contributed by atoms with E-state index in [-0.39, 0.29) is 19.5 Å². The maximum Gasteiger partial charge on any atom is 0.329 e. The maximum absolute atomic E-state index is 10.3. The molecule has 6 nitrogen and oxygen atoms in total. The number of aliphatic carboxylic acids is 1. The predicted molar refractivity (Wildman–Crippen MR) is 84.7 cm³/mol. The van der Waals surface area contributed by atoms with Gasteiger partial charge in [-0.2, -0.15) is 0 Å². The van der Waals surface area contributed by atoms with E-state index in [1.807, 2.05) is 24.3 Å². The Morgan fingerprint density at radius 2 is 2.26 bits per heavy atom. The summed E-state index contributed by atoms with van der Waals surface area (Å²) in [7, 11) is 1.59. The van der Waals surface area contributed by atoms with E-state index in [1.165, 1.54) is 0 Å². The fraction of sp³-hybridized carbons (Fsp3) is 0.471. The third-order valence-electron chi connectivity index (χ3n) is 3.33. The minimum Gasteiger partial charge on any atom is -0.493 e. The van der Waals surface area contributed by atoms with E-state index in [9.17, 15) is 4.79 Å². The van der Waals surface area contributed by atoms with Crippen molar-refractivity contribution in [2.45, 2.75) is 25.6 Å². The van der Waals surface area contributed by atoms with E-state index in [0.717, 1.165) is 31.4 Å². The summed E-state index contributed by atoms with van der Waals surface area (Å²) in [5, 5.41) is 8.47. The molecule has 1 aromatic carbocycles. The zero-order valence-corrected chi connectivity index (χ0v) is 13.2. The number of benzene rings is 1. The summed E-state index contributed by atoms with van der Waals surface area (Å²) < 4.78 is 21.7. The van der Waals surface area contributed by atoms with Crippen molar-refractivity contribution in [3.8, 4) is 11.5 Å². The van der Waals surface area contributed by atoms with Crippen molar-refractivity contribution < 1.29 is 28.8 Å². The Morgan fingerprint density at radius 3 is 2.96 bits per heavy atom. The maximum atomic E-state index is 10.3. The molecule has 0 saturated carbocycles. The Morgan fingerprint density at radius 1 is 1.39 bits per heavy atom. The number of hydrogen-bond donors (Lipinski definition) is 1. The highest BCUT2D eigenvalue weighted by Gasteiger charge is 2.17. The monoisotopic (exact) mass is 322 g/mol. The summed E-state index contributed by atoms with van der Waals surface area (Å²) in [5.41, 5.74) is 0.915. The molecule has 126 valence electrons. The first-order valence-corrected chi connectivity index (χ1v) is 7.61. The molecule has 0 radical (unpaired) electrons. The third-order valence-corrected chi connectivity index (χ3v) is 3.33. The molecule has 0 aliphatic carbocycles. The van der Waals surface area contributed by atoms with Gasteiger partial charge in [-0.05, 0) is 30.5 Å². The normalized spacial score (nSPS) is 18.0. The second-order valence-corrected chi connectivity index (χ2v) is 5.14. The summed E-state index contributed by atoms with van der Waals surface area (Å²) in [6.07, 6.45) is 6.43. The van der Waals surface area contributed by atoms with Gasteiger partial charge in [0.15, 0.2) is 17.8 Å². The summed E-state index contributed by atoms with van der Waals surface area (Å²) >= 11 is 0. The van der Waals surface area contributed by atoms with Crippen molar-refractivity contribution in [2.24, 2.45) is 0 Å². The predicted octanol–water partition coefficient (Wildman–Crippen LogP) is 2.72. The minimum atomic E-state index is -0.980. The van der Waals surface area contributed by atoms with E-state index in [1.54, 1.807) is 13.2 Å². The lowest BCUT2D eigenvalue weighted by atomic mass is 10.2. The van der Waals surface area contributed by atoms with E-state index >= 15 is 0 Å². The molecule has 0 bridgehead atoms. The van der Waals surface area contributed by atoms with Gasteiger partial charge in [-0.1, -0.05) is 18.2 Å². The summed E-state index contributed by atoms with van der Waals surface area (Å²) in [5.74, 6) is 0.304. The number of carboxylic acids is 1. The first-order chi connectivity index (χ1) is 11.2. The van der Waals surface area contributed by atoms with Gasteiger partial charge >= 0.3 is 5.97 Å². The second kappa shape index (κ2) is 9.17. The highest BCUT2D eigenvalue weighted by atomic mass is 16.7. The van der Waals surface area contributed by atoms with Gasteiger partial charge in [0.1, 0.15) is 6.61 Å². The van der Waals surface area contributed by atoms with Crippen LogP contribution in [0.3, 0.4) is 0 Å². The largest absolute Gasteiger partial charge is 0.493 e. The molecular formula is C17H22O6. The molecule has 2 rings (SSSR count). The summed E-state index contributed by atoms with van der Waals surface area (Å²) in [4.78, 5) is 10.3. The number of rotatable bonds is 8. The van der Waals surface area contributed by atoms with Crippen LogP contribution in [-0.4, -0.2) is 44.3 Å². The van der Waals surface area contributed by atoms with Crippen LogP contribution in [0.2, 0.25) is 0 Å². The molecule has 6 heteroatoms. The number of ether oxygens (including phenoxy) is 4. The van der Waals surface area contributed by atoms with E-state index in [4.69, 9.17) is 24.1 Å². The van der Waals surface area contributed by atoms with Gasteiger partial charge in [-0.25, -0.2) is 4.79 Å². The Hall–Kier alpha value is -2.05. The molecule has 1 fully saturated rings. The quantitative estimate of drug-likeness (QED) is 0.742. The first-order valence-electron chi connectivity index (χ1n) is 7.61. The van der Waals surface area contributed by atoms with Crippen LogP contribution in [0.4, 0.5) is 0 Å². The Kier molecular flexibility index (Phi) is 6.90. The number of methoxy groups -OCH3 is 1. The van der Waals surface area contributed by atoms with Crippen LogP contribution in [0.1, 0.15) is 24.8 Å². The molecule has 1 N–H and O–H groups in total. The van der Waals surface area contributed by atoms with E-state index < -0.39 is 5.97 Å². The van der Waals surface area contributed by atoms with Crippen molar-refractivity contribution in [2.75, 3.05) is 26.9 Å². The molecule has 1 aromatic rings. The van der Waals surface area contributed by atoms with Gasteiger partial charge in [0.25, 0.3) is 0 Å². The van der Waals surface area contributed by atoms with Gasteiger partial charge in [0, 0.05) is 6.42 Å². The van der Waals surface area contributed by atoms with Crippen LogP contribution in [0.15, 0.2) is 24.3 Å². The third kappa shape index (κ3) is 5.92. The number of carbonyl (C=O) groups is 1. The lowest BCUT2D eigenvalue weighted by Gasteiger charge is -2.24. The van der Waals surface area contributed by atoms with E-state index in [2.05, 4.69) is 0 Å². The molecule has 1 aliphatic heterocycles. The van der Waals surface area contributed by atoms with Crippen LogP contribution in [0.25, 0.3) is 6.08 Å². The molecule has 1 aliphatic rings. The topological polar surface area (TPSA) is 74.2 Å². The average molecular weight is 322 g/mol. The Balaban J connectivity index is 1.92. The highest BCUT2D eigenvalue weighted by Crippen LogP contribution is 2.31. The fourth-order valence-corrected chi connectivity index (χ4v) is 2.23. The van der Waals surface area contributed by atoms with Crippen molar-refractivity contribution in [1.29, 1.82) is 0 Å². The fourth-order valence-electron chi connectivity index (χ4n) is 2.23. The molecule has 1 atom stereocenters. The van der Waals surface area contributed by atoms with Gasteiger partial charge in [-0.15, -0.1) is 0 Å². The average Bonchev–Trinajstić information content (AvgIpc) is 2.56. The summed E-state index contributed by atoms with van der Waals surface area (Å²) in [6, 6.07) is 5.59. The van der Waals surface area contributed by atoms with Crippen molar-refractivity contribution in [3.63, 3.8) is 0 Å². The van der Waals surface area contributed by atoms with E-state index in [0.29, 0.717) is 11.5 Å². The second-order valence-electron chi connectivity index (χ2n) is 5.14. The number of hydrogen-bond acceptors (Lipinski definition) is 5. The Labute approximate surface area is 135 Å². The number of carboxylic acid groups (broad SMARTS) is 1. The van der Waals surface area contributed by atoms with Gasteiger partial charge in [0.2, 0.25) is 0 Å². The van der Waals surface area contributed by atoms with Gasteiger partial charge in [-0.3, -0.25) is 0 Å². The standard InChI is InChI=1S/C17H22O6/c1-20-15-11-13(5-4-9-21-12-16(18)19)7-8-14(15)23-17-6-2-3-10-22-17/h4-5,7-8,11,17H,2-3,6,9-10,12H2,1H3,(H,18,19)/b5-4+. The highest BCUT2D eigenvalue weighted by molar-refractivity contribution is 5.68. The molecule has 23 heavy (non-hydrogen) atoms. The smallest absolute Gasteiger partial charge is 0.329 e. The van der Waals surface area contributed by atoms with Crippen LogP contribution < -0.4 is 9.47 Å². The van der Waals surface area contributed by atoms with Gasteiger partial charge < -0.3 is 24.1 Å². The molecule has 0 amide bonds. The molecule has 1 unspecified atom stereocenters. The van der Waals surface area contributed by atoms with Crippen LogP contribution >= 0.6 is 0 Å². The molecule has 1 heterocycles. The van der Waals surface area contributed by atoms with Crippen LogP contribution in [-0.2, 0) is 14.3 Å². The molecule has 1 saturated heterocycles. The molecule has 0 aromatic heterocycles. The van der Waals surface area contributed by atoms with Crippen LogP contribution in [0.5, 0.6) is 11.5 Å². The molecule has 0 spiro atoms. The first kappa shape index (κ1) is 17.3. The summed E-state index contributed by atoms with van der Waals surface area (Å²) in [6.45, 7) is 0.661. The van der Waals surface area contributed by atoms with Crippen molar-refractivity contribution >= 4 is 12.0 Å².